The van der Waals surface area contributed by atoms with E-state index in [0.717, 1.165) is 5.56 Å². The lowest BCUT2D eigenvalue weighted by Gasteiger charge is -2.45. The van der Waals surface area contributed by atoms with Crippen LogP contribution in [-0.4, -0.2) is 59.2 Å². The van der Waals surface area contributed by atoms with Crippen LogP contribution in [0.15, 0.2) is 54.6 Å². The van der Waals surface area contributed by atoms with Gasteiger partial charge in [0, 0.05) is 30.1 Å². The Bertz CT molecular complexity index is 918. The summed E-state index contributed by atoms with van der Waals surface area (Å²) in [5.41, 5.74) is 1.47. The molecule has 2 aromatic rings. The van der Waals surface area contributed by atoms with E-state index in [2.05, 4.69) is 5.32 Å². The van der Waals surface area contributed by atoms with Crippen molar-refractivity contribution in [2.24, 2.45) is 0 Å². The lowest BCUT2D eigenvalue weighted by atomic mass is 9.98. The maximum Gasteiger partial charge on any atom is 0.254 e. The molecule has 28 heavy (non-hydrogen) atoms. The molecule has 0 spiro atoms. The number of halogens is 1. The summed E-state index contributed by atoms with van der Waals surface area (Å²) in [5.74, 6) is -0.499. The van der Waals surface area contributed by atoms with Crippen molar-refractivity contribution < 1.29 is 14.4 Å². The number of amides is 3. The summed E-state index contributed by atoms with van der Waals surface area (Å²) in [7, 11) is 0. The number of nitrogens with one attached hydrogen (secondary N) is 1. The molecular weight excluding hydrogens is 378 g/mol. The minimum Gasteiger partial charge on any atom is -0.342 e. The molecule has 2 saturated heterocycles. The first-order valence-corrected chi connectivity index (χ1v) is 9.60. The Morgan fingerprint density at radius 2 is 1.86 bits per heavy atom. The van der Waals surface area contributed by atoms with Crippen LogP contribution >= 0.6 is 11.6 Å². The first kappa shape index (κ1) is 18.5. The number of rotatable bonds is 3. The van der Waals surface area contributed by atoms with E-state index >= 15 is 0 Å². The molecule has 0 saturated carbocycles. The van der Waals surface area contributed by atoms with E-state index in [4.69, 9.17) is 11.6 Å². The molecule has 4 rings (SSSR count). The number of carbonyl (C=O) groups excluding carboxylic acids is 3. The fourth-order valence-electron chi connectivity index (χ4n) is 3.78. The number of fused-ring (bicyclic) bond motifs is 1. The average molecular weight is 398 g/mol. The van der Waals surface area contributed by atoms with E-state index in [9.17, 15) is 14.4 Å². The van der Waals surface area contributed by atoms with Crippen LogP contribution < -0.4 is 5.32 Å². The van der Waals surface area contributed by atoms with Gasteiger partial charge in [0.2, 0.25) is 11.8 Å². The number of hydrogen-bond acceptors (Lipinski definition) is 3. The zero-order chi connectivity index (χ0) is 19.7. The fraction of sp³-hybridized carbons (Fsp3) is 0.286. The van der Waals surface area contributed by atoms with Crippen LogP contribution in [0.3, 0.4) is 0 Å². The Morgan fingerprint density at radius 1 is 1.07 bits per heavy atom. The third-order valence-electron chi connectivity index (χ3n) is 5.22. The van der Waals surface area contributed by atoms with Crippen molar-refractivity contribution in [2.75, 3.05) is 19.6 Å². The molecule has 3 amide bonds. The van der Waals surface area contributed by atoms with E-state index in [-0.39, 0.29) is 24.3 Å². The number of hydrogen-bond donors (Lipinski definition) is 1. The Morgan fingerprint density at radius 3 is 2.61 bits per heavy atom. The molecule has 0 bridgehead atoms. The van der Waals surface area contributed by atoms with E-state index in [1.807, 2.05) is 30.3 Å². The lowest BCUT2D eigenvalue weighted by molar-refractivity contribution is -0.152. The minimum absolute atomic E-state index is 0.0942. The summed E-state index contributed by atoms with van der Waals surface area (Å²) in [6, 6.07) is 15.1. The predicted octanol–water partition coefficient (Wildman–Crippen LogP) is 1.73. The summed E-state index contributed by atoms with van der Waals surface area (Å²) >= 11 is 5.98. The van der Waals surface area contributed by atoms with Crippen LogP contribution in [0, 0.1) is 0 Å². The number of carbonyl (C=O) groups is 3. The van der Waals surface area contributed by atoms with Gasteiger partial charge in [-0.15, -0.1) is 0 Å². The molecule has 0 aliphatic carbocycles. The zero-order valence-corrected chi connectivity index (χ0v) is 15.9. The quantitative estimate of drug-likeness (QED) is 0.857. The molecule has 2 aromatic carbocycles. The van der Waals surface area contributed by atoms with Crippen LogP contribution in [-0.2, 0) is 16.0 Å². The highest BCUT2D eigenvalue weighted by atomic mass is 35.5. The number of piperazine rings is 2. The van der Waals surface area contributed by atoms with E-state index in [1.165, 1.54) is 0 Å². The molecule has 2 aliphatic rings. The zero-order valence-electron chi connectivity index (χ0n) is 15.2. The Labute approximate surface area is 168 Å². The smallest absolute Gasteiger partial charge is 0.254 e. The predicted molar refractivity (Wildman–Crippen MR) is 105 cm³/mol. The van der Waals surface area contributed by atoms with Crippen LogP contribution in [0.4, 0.5) is 0 Å². The van der Waals surface area contributed by atoms with Crippen molar-refractivity contribution >= 4 is 29.3 Å². The van der Waals surface area contributed by atoms with Crippen LogP contribution in [0.25, 0.3) is 0 Å². The molecule has 2 atom stereocenters. The van der Waals surface area contributed by atoms with Crippen LogP contribution in [0.1, 0.15) is 15.9 Å². The van der Waals surface area contributed by atoms with Crippen molar-refractivity contribution in [2.45, 2.75) is 18.5 Å². The first-order valence-electron chi connectivity index (χ1n) is 9.22. The number of nitrogens with zero attached hydrogens (tertiary/aromatic N) is 2. The summed E-state index contributed by atoms with van der Waals surface area (Å²) in [6.07, 6.45) is 0.458. The van der Waals surface area contributed by atoms with Gasteiger partial charge in [0.1, 0.15) is 12.1 Å². The molecule has 144 valence electrons. The minimum atomic E-state index is -0.656. The monoisotopic (exact) mass is 397 g/mol. The number of benzene rings is 2. The Balaban J connectivity index is 1.46. The van der Waals surface area contributed by atoms with Gasteiger partial charge in [0.05, 0.1) is 6.54 Å². The summed E-state index contributed by atoms with van der Waals surface area (Å²) < 4.78 is 0. The highest BCUT2D eigenvalue weighted by Gasteiger charge is 2.44. The summed E-state index contributed by atoms with van der Waals surface area (Å²) in [4.78, 5) is 41.5. The largest absolute Gasteiger partial charge is 0.342 e. The van der Waals surface area contributed by atoms with Crippen molar-refractivity contribution in [3.63, 3.8) is 0 Å². The second-order valence-electron chi connectivity index (χ2n) is 7.06. The Kier molecular flexibility index (Phi) is 5.05. The second-order valence-corrected chi connectivity index (χ2v) is 7.50. The first-order chi connectivity index (χ1) is 13.5. The molecule has 7 heteroatoms. The maximum absolute atomic E-state index is 12.9. The van der Waals surface area contributed by atoms with Crippen molar-refractivity contribution in [3.05, 3.63) is 70.7 Å². The molecule has 0 unspecified atom stereocenters. The normalized spacial score (nSPS) is 21.9. The van der Waals surface area contributed by atoms with Gasteiger partial charge in [0.15, 0.2) is 0 Å². The maximum atomic E-state index is 12.9. The molecule has 2 fully saturated rings. The van der Waals surface area contributed by atoms with Crippen molar-refractivity contribution in [3.8, 4) is 0 Å². The molecular formula is C21H20ClN3O3. The fourth-order valence-corrected chi connectivity index (χ4v) is 3.97. The van der Waals surface area contributed by atoms with Gasteiger partial charge in [-0.3, -0.25) is 14.4 Å². The van der Waals surface area contributed by atoms with Crippen LogP contribution in [0.2, 0.25) is 5.02 Å². The third kappa shape index (κ3) is 3.60. The van der Waals surface area contributed by atoms with Crippen LogP contribution in [0.5, 0.6) is 0 Å². The van der Waals surface area contributed by atoms with E-state index < -0.39 is 12.1 Å². The molecule has 2 aliphatic heterocycles. The second kappa shape index (κ2) is 7.64. The average Bonchev–Trinajstić information content (AvgIpc) is 2.71. The van der Waals surface area contributed by atoms with Gasteiger partial charge >= 0.3 is 0 Å². The lowest BCUT2D eigenvalue weighted by Crippen LogP contribution is -2.70. The topological polar surface area (TPSA) is 69.7 Å². The van der Waals surface area contributed by atoms with Crippen molar-refractivity contribution in [1.82, 2.24) is 15.1 Å². The highest BCUT2D eigenvalue weighted by molar-refractivity contribution is 6.31. The molecule has 6 nitrogen and oxygen atoms in total. The summed E-state index contributed by atoms with van der Waals surface area (Å²) in [5, 5.41) is 3.32. The SMILES string of the molecule is O=C1N[C@@H](Cc2ccccc2)C(=O)N2CCN(C(=O)c3cccc(Cl)c3)C[C@H]12. The molecule has 0 radical (unpaired) electrons. The van der Waals surface area contributed by atoms with Gasteiger partial charge in [-0.05, 0) is 23.8 Å². The Hall–Kier alpha value is -2.86. The van der Waals surface area contributed by atoms with E-state index in [0.29, 0.717) is 30.1 Å². The van der Waals surface area contributed by atoms with Gasteiger partial charge in [-0.25, -0.2) is 0 Å². The third-order valence-corrected chi connectivity index (χ3v) is 5.46. The molecule has 0 aromatic heterocycles. The molecule has 2 heterocycles. The standard InChI is InChI=1S/C21H20ClN3O3/c22-16-8-4-7-15(12-16)20(27)24-9-10-25-18(13-24)19(26)23-17(21(25)28)11-14-5-2-1-3-6-14/h1-8,12,17-18H,9-11,13H2,(H,23,26)/t17-,18+/m0/s1. The van der Waals surface area contributed by atoms with Crippen molar-refractivity contribution in [1.29, 1.82) is 0 Å². The van der Waals surface area contributed by atoms with Gasteiger partial charge in [-0.2, -0.15) is 0 Å². The summed E-state index contributed by atoms with van der Waals surface area (Å²) in [6.45, 7) is 0.911. The van der Waals surface area contributed by atoms with Gasteiger partial charge in [-0.1, -0.05) is 48.0 Å². The molecule has 1 N–H and O–H groups in total. The van der Waals surface area contributed by atoms with Gasteiger partial charge < -0.3 is 15.1 Å². The highest BCUT2D eigenvalue weighted by Crippen LogP contribution is 2.20. The van der Waals surface area contributed by atoms with Gasteiger partial charge in [0.25, 0.3) is 5.91 Å². The van der Waals surface area contributed by atoms with E-state index in [1.54, 1.807) is 34.1 Å².